The molecule has 2 heterocycles. The predicted octanol–water partition coefficient (Wildman–Crippen LogP) is 4.81. The molecule has 0 radical (unpaired) electrons. The van der Waals surface area contributed by atoms with E-state index in [2.05, 4.69) is 70.6 Å². The maximum absolute atomic E-state index is 5.88. The molecule has 3 aromatic rings. The Kier molecular flexibility index (Phi) is 5.54. The zero-order valence-electron chi connectivity index (χ0n) is 15.9. The van der Waals surface area contributed by atoms with E-state index in [9.17, 15) is 0 Å². The lowest BCUT2D eigenvalue weighted by atomic mass is 10.0. The number of nitrogens with one attached hydrogen (secondary N) is 1. The van der Waals surface area contributed by atoms with Gasteiger partial charge in [-0.1, -0.05) is 55.8 Å². The van der Waals surface area contributed by atoms with Gasteiger partial charge in [-0.3, -0.25) is 10.00 Å². The minimum Gasteiger partial charge on any atom is -0.494 e. The number of unbranched alkanes of at least 4 members (excludes halogenated alkanes) is 1. The number of ether oxygens (including phenoxy) is 1. The average Bonchev–Trinajstić information content (AvgIpc) is 3.13. The van der Waals surface area contributed by atoms with E-state index in [1.807, 2.05) is 6.07 Å². The van der Waals surface area contributed by atoms with Crippen LogP contribution in [0.25, 0.3) is 11.3 Å². The van der Waals surface area contributed by atoms with Gasteiger partial charge in [0.2, 0.25) is 0 Å². The lowest BCUT2D eigenvalue weighted by Crippen LogP contribution is -2.29. The minimum absolute atomic E-state index is 0.767. The van der Waals surface area contributed by atoms with Gasteiger partial charge in [-0.25, -0.2) is 0 Å². The van der Waals surface area contributed by atoms with E-state index in [4.69, 9.17) is 4.74 Å². The first-order valence-electron chi connectivity index (χ1n) is 9.89. The third-order valence-electron chi connectivity index (χ3n) is 5.14. The highest BCUT2D eigenvalue weighted by molar-refractivity contribution is 5.66. The molecule has 1 aliphatic rings. The van der Waals surface area contributed by atoms with Crippen molar-refractivity contribution in [3.8, 4) is 17.0 Å². The summed E-state index contributed by atoms with van der Waals surface area (Å²) in [6.07, 6.45) is 3.24. The number of aromatic amines is 1. The molecule has 1 N–H and O–H groups in total. The monoisotopic (exact) mass is 361 g/mol. The molecule has 0 fully saturated rings. The average molecular weight is 361 g/mol. The van der Waals surface area contributed by atoms with Crippen LogP contribution in [0.4, 0.5) is 0 Å². The largest absolute Gasteiger partial charge is 0.494 e. The van der Waals surface area contributed by atoms with Gasteiger partial charge in [0.25, 0.3) is 0 Å². The third kappa shape index (κ3) is 4.22. The standard InChI is InChI=1S/C23H27N3O/c1-2-3-14-27-20-11-7-10-19(15-20)23-21-17-26(13-12-22(21)24-25-23)16-18-8-5-4-6-9-18/h4-11,15H,2-3,12-14,16-17H2,1H3,(H,24,25). The quantitative estimate of drug-likeness (QED) is 0.614. The van der Waals surface area contributed by atoms with Crippen LogP contribution in [-0.2, 0) is 19.5 Å². The normalized spacial score (nSPS) is 14.1. The molecule has 0 unspecified atom stereocenters. The van der Waals surface area contributed by atoms with Gasteiger partial charge in [0.05, 0.1) is 12.3 Å². The highest BCUT2D eigenvalue weighted by atomic mass is 16.5. The van der Waals surface area contributed by atoms with Gasteiger partial charge in [0.1, 0.15) is 5.75 Å². The van der Waals surface area contributed by atoms with Crippen molar-refractivity contribution in [2.45, 2.75) is 39.3 Å². The van der Waals surface area contributed by atoms with Gasteiger partial charge in [-0.15, -0.1) is 0 Å². The number of benzene rings is 2. The summed E-state index contributed by atoms with van der Waals surface area (Å²) in [5, 5.41) is 7.90. The van der Waals surface area contributed by atoms with E-state index in [1.165, 1.54) is 16.8 Å². The molecule has 0 saturated heterocycles. The number of H-pyrrole nitrogens is 1. The van der Waals surface area contributed by atoms with Crippen molar-refractivity contribution in [2.24, 2.45) is 0 Å². The number of hydrogen-bond acceptors (Lipinski definition) is 3. The summed E-state index contributed by atoms with van der Waals surface area (Å²) in [5.41, 5.74) is 6.14. The van der Waals surface area contributed by atoms with Crippen LogP contribution >= 0.6 is 0 Å². The molecule has 4 rings (SSSR count). The Balaban J connectivity index is 1.52. The highest BCUT2D eigenvalue weighted by Crippen LogP contribution is 2.30. The van der Waals surface area contributed by atoms with E-state index < -0.39 is 0 Å². The summed E-state index contributed by atoms with van der Waals surface area (Å²) in [6, 6.07) is 19.0. The molecule has 27 heavy (non-hydrogen) atoms. The molecule has 2 aromatic carbocycles. The van der Waals surface area contributed by atoms with Crippen molar-refractivity contribution in [3.63, 3.8) is 0 Å². The van der Waals surface area contributed by atoms with Crippen molar-refractivity contribution in [1.82, 2.24) is 15.1 Å². The summed E-state index contributed by atoms with van der Waals surface area (Å²) in [6.45, 7) is 5.91. The number of fused-ring (bicyclic) bond motifs is 1. The predicted molar refractivity (Wildman–Crippen MR) is 109 cm³/mol. The molecule has 1 aliphatic heterocycles. The molecule has 0 spiro atoms. The summed E-state index contributed by atoms with van der Waals surface area (Å²) in [5.74, 6) is 0.926. The van der Waals surface area contributed by atoms with Crippen molar-refractivity contribution < 1.29 is 4.74 Å². The van der Waals surface area contributed by atoms with Gasteiger partial charge in [-0.05, 0) is 24.1 Å². The molecule has 140 valence electrons. The Labute approximate surface area is 161 Å². The van der Waals surface area contributed by atoms with E-state index in [1.54, 1.807) is 0 Å². The molecule has 0 bridgehead atoms. The van der Waals surface area contributed by atoms with Crippen molar-refractivity contribution in [3.05, 3.63) is 71.4 Å². The second-order valence-electron chi connectivity index (χ2n) is 7.21. The lowest BCUT2D eigenvalue weighted by Gasteiger charge is -2.27. The van der Waals surface area contributed by atoms with Crippen molar-refractivity contribution >= 4 is 0 Å². The van der Waals surface area contributed by atoms with E-state index in [-0.39, 0.29) is 0 Å². The zero-order chi connectivity index (χ0) is 18.5. The Bertz CT molecular complexity index is 872. The Morgan fingerprint density at radius 1 is 1.11 bits per heavy atom. The van der Waals surface area contributed by atoms with Crippen LogP contribution in [0.5, 0.6) is 5.75 Å². The Morgan fingerprint density at radius 3 is 2.85 bits per heavy atom. The smallest absolute Gasteiger partial charge is 0.119 e. The first-order valence-corrected chi connectivity index (χ1v) is 9.89. The SMILES string of the molecule is CCCCOc1cccc(-c2n[nH]c3c2CN(Cc2ccccc2)CC3)c1. The summed E-state index contributed by atoms with van der Waals surface area (Å²) in [7, 11) is 0. The van der Waals surface area contributed by atoms with E-state index >= 15 is 0 Å². The fourth-order valence-corrected chi connectivity index (χ4v) is 3.63. The second kappa shape index (κ2) is 8.40. The molecule has 4 heteroatoms. The van der Waals surface area contributed by atoms with Crippen LogP contribution in [0.3, 0.4) is 0 Å². The van der Waals surface area contributed by atoms with E-state index in [0.717, 1.165) is 62.5 Å². The number of rotatable bonds is 7. The number of aromatic nitrogens is 2. The Morgan fingerprint density at radius 2 is 2.00 bits per heavy atom. The van der Waals surface area contributed by atoms with E-state index in [0.29, 0.717) is 0 Å². The maximum Gasteiger partial charge on any atom is 0.119 e. The molecular formula is C23H27N3O. The number of hydrogen-bond donors (Lipinski definition) is 1. The highest BCUT2D eigenvalue weighted by Gasteiger charge is 2.23. The first kappa shape index (κ1) is 17.8. The van der Waals surface area contributed by atoms with Gasteiger partial charge in [0, 0.05) is 42.9 Å². The van der Waals surface area contributed by atoms with Crippen molar-refractivity contribution in [1.29, 1.82) is 0 Å². The molecule has 1 aromatic heterocycles. The van der Waals surface area contributed by atoms with Crippen LogP contribution in [0, 0.1) is 0 Å². The third-order valence-corrected chi connectivity index (χ3v) is 5.14. The Hall–Kier alpha value is -2.59. The van der Waals surface area contributed by atoms with Gasteiger partial charge in [-0.2, -0.15) is 5.10 Å². The molecule has 4 nitrogen and oxygen atoms in total. The minimum atomic E-state index is 0.767. The summed E-state index contributed by atoms with van der Waals surface area (Å²) in [4.78, 5) is 2.50. The zero-order valence-corrected chi connectivity index (χ0v) is 15.9. The summed E-state index contributed by atoms with van der Waals surface area (Å²) >= 11 is 0. The molecule has 0 atom stereocenters. The number of nitrogens with zero attached hydrogens (tertiary/aromatic N) is 2. The van der Waals surface area contributed by atoms with Crippen LogP contribution in [-0.4, -0.2) is 28.2 Å². The summed E-state index contributed by atoms with van der Waals surface area (Å²) < 4.78 is 5.88. The fourth-order valence-electron chi connectivity index (χ4n) is 3.63. The lowest BCUT2D eigenvalue weighted by molar-refractivity contribution is 0.245. The maximum atomic E-state index is 5.88. The van der Waals surface area contributed by atoms with Gasteiger partial charge >= 0.3 is 0 Å². The van der Waals surface area contributed by atoms with Crippen LogP contribution in [0.2, 0.25) is 0 Å². The van der Waals surface area contributed by atoms with Crippen molar-refractivity contribution in [2.75, 3.05) is 13.2 Å². The second-order valence-corrected chi connectivity index (χ2v) is 7.21. The van der Waals surface area contributed by atoms with Crippen LogP contribution in [0.15, 0.2) is 54.6 Å². The molecule has 0 amide bonds. The fraction of sp³-hybridized carbons (Fsp3) is 0.348. The topological polar surface area (TPSA) is 41.1 Å². The van der Waals surface area contributed by atoms with Crippen LogP contribution < -0.4 is 4.74 Å². The van der Waals surface area contributed by atoms with Gasteiger partial charge in [0.15, 0.2) is 0 Å². The molecule has 0 saturated carbocycles. The van der Waals surface area contributed by atoms with Gasteiger partial charge < -0.3 is 4.74 Å². The molecular weight excluding hydrogens is 334 g/mol. The first-order chi connectivity index (χ1) is 13.3. The van der Waals surface area contributed by atoms with Crippen LogP contribution in [0.1, 0.15) is 36.6 Å². The molecule has 0 aliphatic carbocycles.